The van der Waals surface area contributed by atoms with Gasteiger partial charge in [-0.25, -0.2) is 8.42 Å². The Morgan fingerprint density at radius 3 is 2.89 bits per heavy atom. The van der Waals surface area contributed by atoms with E-state index in [1.807, 2.05) is 18.2 Å². The molecule has 5 nitrogen and oxygen atoms in total. The summed E-state index contributed by atoms with van der Waals surface area (Å²) < 4.78 is 33.0. The standard InChI is InChI=1S/C12H13NO4S/c14-18(15)4-3-10(7-18)13-6-9-1-2-11-12(5-9)17-8-16-11/h1-5,10,13H,6-8H2. The zero-order valence-electron chi connectivity index (χ0n) is 9.63. The van der Waals surface area contributed by atoms with Crippen LogP contribution in [0.25, 0.3) is 0 Å². The van der Waals surface area contributed by atoms with Crippen molar-refractivity contribution in [2.75, 3.05) is 12.5 Å². The summed E-state index contributed by atoms with van der Waals surface area (Å²) in [6.45, 7) is 0.858. The van der Waals surface area contributed by atoms with Crippen molar-refractivity contribution in [1.82, 2.24) is 5.32 Å². The smallest absolute Gasteiger partial charge is 0.231 e. The second-order valence-corrected chi connectivity index (χ2v) is 6.26. The van der Waals surface area contributed by atoms with Crippen molar-refractivity contribution in [3.63, 3.8) is 0 Å². The van der Waals surface area contributed by atoms with E-state index in [2.05, 4.69) is 5.32 Å². The summed E-state index contributed by atoms with van der Waals surface area (Å²) >= 11 is 0. The number of rotatable bonds is 3. The second-order valence-electron chi connectivity index (χ2n) is 4.33. The monoisotopic (exact) mass is 267 g/mol. The molecule has 0 fully saturated rings. The van der Waals surface area contributed by atoms with Crippen LogP contribution in [0.1, 0.15) is 5.56 Å². The first-order valence-electron chi connectivity index (χ1n) is 5.65. The van der Waals surface area contributed by atoms with Gasteiger partial charge in [0.1, 0.15) is 0 Å². The van der Waals surface area contributed by atoms with Gasteiger partial charge in [-0.15, -0.1) is 0 Å². The summed E-state index contributed by atoms with van der Waals surface area (Å²) in [5, 5.41) is 4.45. The highest BCUT2D eigenvalue weighted by Gasteiger charge is 2.21. The fraction of sp³-hybridized carbons (Fsp3) is 0.333. The van der Waals surface area contributed by atoms with E-state index in [1.54, 1.807) is 6.08 Å². The van der Waals surface area contributed by atoms with E-state index < -0.39 is 9.84 Å². The first kappa shape index (κ1) is 11.6. The quantitative estimate of drug-likeness (QED) is 0.878. The number of fused-ring (bicyclic) bond motifs is 1. The predicted octanol–water partition coefficient (Wildman–Crippen LogP) is 0.816. The lowest BCUT2D eigenvalue weighted by molar-refractivity contribution is 0.174. The molecule has 2 aliphatic rings. The molecule has 0 saturated carbocycles. The lowest BCUT2D eigenvalue weighted by Crippen LogP contribution is -2.29. The first-order chi connectivity index (χ1) is 8.62. The van der Waals surface area contributed by atoms with Crippen LogP contribution in [-0.4, -0.2) is 27.0 Å². The summed E-state index contributed by atoms with van der Waals surface area (Å²) in [7, 11) is -3.00. The maximum Gasteiger partial charge on any atom is 0.231 e. The first-order valence-corrected chi connectivity index (χ1v) is 7.37. The van der Waals surface area contributed by atoms with Crippen LogP contribution in [0.15, 0.2) is 29.7 Å². The predicted molar refractivity (Wildman–Crippen MR) is 66.1 cm³/mol. The van der Waals surface area contributed by atoms with Gasteiger partial charge in [0.2, 0.25) is 6.79 Å². The van der Waals surface area contributed by atoms with Crippen molar-refractivity contribution in [3.8, 4) is 11.5 Å². The summed E-state index contributed by atoms with van der Waals surface area (Å²) in [5.41, 5.74) is 1.04. The third kappa shape index (κ3) is 2.34. The molecule has 1 aromatic carbocycles. The number of ether oxygens (including phenoxy) is 2. The molecule has 0 bridgehead atoms. The van der Waals surface area contributed by atoms with Gasteiger partial charge in [-0.3, -0.25) is 0 Å². The van der Waals surface area contributed by atoms with Gasteiger partial charge in [0, 0.05) is 18.0 Å². The Bertz CT molecular complexity index is 594. The zero-order chi connectivity index (χ0) is 12.6. The van der Waals surface area contributed by atoms with E-state index >= 15 is 0 Å². The molecule has 3 rings (SSSR count). The molecule has 0 spiro atoms. The Hall–Kier alpha value is -1.53. The van der Waals surface area contributed by atoms with Gasteiger partial charge in [0.15, 0.2) is 21.3 Å². The maximum atomic E-state index is 11.2. The molecule has 1 aromatic rings. The lowest BCUT2D eigenvalue weighted by Gasteiger charge is -2.10. The van der Waals surface area contributed by atoms with Crippen LogP contribution >= 0.6 is 0 Å². The number of benzene rings is 1. The largest absolute Gasteiger partial charge is 0.454 e. The molecule has 1 N–H and O–H groups in total. The summed E-state index contributed by atoms with van der Waals surface area (Å²) in [4.78, 5) is 0. The Morgan fingerprint density at radius 1 is 1.28 bits per heavy atom. The fourth-order valence-corrected chi connectivity index (χ4v) is 3.27. The Balaban J connectivity index is 1.63. The third-order valence-electron chi connectivity index (χ3n) is 2.94. The molecule has 2 heterocycles. The van der Waals surface area contributed by atoms with Crippen LogP contribution in [0.5, 0.6) is 11.5 Å². The molecule has 1 unspecified atom stereocenters. The molecule has 6 heteroatoms. The van der Waals surface area contributed by atoms with Crippen LogP contribution < -0.4 is 14.8 Å². The lowest BCUT2D eigenvalue weighted by atomic mass is 10.2. The molecule has 0 aromatic heterocycles. The second kappa shape index (κ2) is 4.29. The van der Waals surface area contributed by atoms with Gasteiger partial charge in [-0.1, -0.05) is 12.1 Å². The Labute approximate surface area is 105 Å². The van der Waals surface area contributed by atoms with E-state index in [1.165, 1.54) is 5.41 Å². The molecule has 2 aliphatic heterocycles. The van der Waals surface area contributed by atoms with Crippen LogP contribution in [0, 0.1) is 0 Å². The maximum absolute atomic E-state index is 11.2. The molecule has 18 heavy (non-hydrogen) atoms. The van der Waals surface area contributed by atoms with Crippen molar-refractivity contribution >= 4 is 9.84 Å². The Kier molecular flexibility index (Phi) is 2.76. The minimum absolute atomic E-state index is 0.111. The fourth-order valence-electron chi connectivity index (χ4n) is 2.00. The Morgan fingerprint density at radius 2 is 2.11 bits per heavy atom. The highest BCUT2D eigenvalue weighted by atomic mass is 32.2. The van der Waals surface area contributed by atoms with Gasteiger partial charge in [-0.2, -0.15) is 0 Å². The summed E-state index contributed by atoms with van der Waals surface area (Å²) in [6, 6.07) is 5.59. The van der Waals surface area contributed by atoms with Crippen molar-refractivity contribution in [3.05, 3.63) is 35.2 Å². The number of hydrogen-bond acceptors (Lipinski definition) is 5. The van der Waals surface area contributed by atoms with E-state index in [0.717, 1.165) is 17.1 Å². The van der Waals surface area contributed by atoms with Crippen molar-refractivity contribution in [1.29, 1.82) is 0 Å². The highest BCUT2D eigenvalue weighted by Crippen LogP contribution is 2.32. The van der Waals surface area contributed by atoms with E-state index in [9.17, 15) is 8.42 Å². The summed E-state index contributed by atoms with van der Waals surface area (Å²) in [6.07, 6.45) is 1.68. The molecule has 0 saturated heterocycles. The number of sulfone groups is 1. The van der Waals surface area contributed by atoms with Gasteiger partial charge in [0.25, 0.3) is 0 Å². The summed E-state index contributed by atoms with van der Waals surface area (Å²) in [5.74, 6) is 1.63. The molecule has 0 radical (unpaired) electrons. The van der Waals surface area contributed by atoms with Gasteiger partial charge in [-0.05, 0) is 17.7 Å². The van der Waals surface area contributed by atoms with E-state index in [-0.39, 0.29) is 18.6 Å². The highest BCUT2D eigenvalue weighted by molar-refractivity contribution is 7.94. The van der Waals surface area contributed by atoms with Gasteiger partial charge < -0.3 is 14.8 Å². The van der Waals surface area contributed by atoms with Gasteiger partial charge in [0.05, 0.1) is 5.75 Å². The molecular weight excluding hydrogens is 254 g/mol. The average Bonchev–Trinajstić information content (AvgIpc) is 2.92. The molecule has 0 amide bonds. The van der Waals surface area contributed by atoms with Crippen molar-refractivity contribution in [2.45, 2.75) is 12.6 Å². The molecule has 96 valence electrons. The molecule has 0 aliphatic carbocycles. The van der Waals surface area contributed by atoms with Crippen molar-refractivity contribution < 1.29 is 17.9 Å². The van der Waals surface area contributed by atoms with Crippen molar-refractivity contribution in [2.24, 2.45) is 0 Å². The minimum Gasteiger partial charge on any atom is -0.454 e. The van der Waals surface area contributed by atoms with Crippen LogP contribution in [0.4, 0.5) is 0 Å². The van der Waals surface area contributed by atoms with Gasteiger partial charge >= 0.3 is 0 Å². The number of nitrogens with one attached hydrogen (secondary N) is 1. The topological polar surface area (TPSA) is 64.6 Å². The van der Waals surface area contributed by atoms with Crippen LogP contribution in [0.2, 0.25) is 0 Å². The zero-order valence-corrected chi connectivity index (χ0v) is 10.4. The molecular formula is C12H13NO4S. The normalized spacial score (nSPS) is 23.4. The van der Waals surface area contributed by atoms with Crippen LogP contribution in [-0.2, 0) is 16.4 Å². The average molecular weight is 267 g/mol. The number of hydrogen-bond donors (Lipinski definition) is 1. The molecule has 1 atom stereocenters. The third-order valence-corrected chi connectivity index (χ3v) is 4.33. The SMILES string of the molecule is O=S1(=O)C=CC(NCc2ccc3c(c2)OCO3)C1. The van der Waals surface area contributed by atoms with E-state index in [0.29, 0.717) is 6.54 Å². The van der Waals surface area contributed by atoms with Crippen LogP contribution in [0.3, 0.4) is 0 Å². The minimum atomic E-state index is -3.00. The van der Waals surface area contributed by atoms with E-state index in [4.69, 9.17) is 9.47 Å².